The largest absolute Gasteiger partial charge is 0.381 e. The van der Waals surface area contributed by atoms with Crippen molar-refractivity contribution in [3.8, 4) is 0 Å². The van der Waals surface area contributed by atoms with Crippen LogP contribution in [0.2, 0.25) is 0 Å². The first-order valence-corrected chi connectivity index (χ1v) is 7.53. The molecule has 1 aromatic heterocycles. The van der Waals surface area contributed by atoms with Crippen LogP contribution in [0.25, 0.3) is 10.9 Å². The number of rotatable bonds is 9. The summed E-state index contributed by atoms with van der Waals surface area (Å²) in [5.74, 6) is 0. The predicted molar refractivity (Wildman–Crippen MR) is 83.8 cm³/mol. The highest BCUT2D eigenvalue weighted by Gasteiger charge is 2.00. The number of ether oxygens (including phenoxy) is 1. The Morgan fingerprint density at radius 2 is 1.95 bits per heavy atom. The van der Waals surface area contributed by atoms with Gasteiger partial charge in [0.15, 0.2) is 0 Å². The van der Waals surface area contributed by atoms with E-state index in [1.165, 1.54) is 17.4 Å². The van der Waals surface area contributed by atoms with E-state index in [4.69, 9.17) is 4.74 Å². The number of nitrogens with zero attached hydrogens (tertiary/aromatic N) is 1. The van der Waals surface area contributed by atoms with Gasteiger partial charge in [-0.05, 0) is 37.1 Å². The zero-order valence-electron chi connectivity index (χ0n) is 12.3. The number of para-hydroxylation sites is 1. The van der Waals surface area contributed by atoms with E-state index in [2.05, 4.69) is 41.5 Å². The molecule has 0 aliphatic carbocycles. The molecule has 0 radical (unpaired) electrons. The summed E-state index contributed by atoms with van der Waals surface area (Å²) < 4.78 is 5.55. The van der Waals surface area contributed by atoms with Crippen LogP contribution in [0.4, 0.5) is 0 Å². The van der Waals surface area contributed by atoms with Gasteiger partial charge >= 0.3 is 0 Å². The molecule has 3 nitrogen and oxygen atoms in total. The first kappa shape index (κ1) is 14.9. The van der Waals surface area contributed by atoms with E-state index in [1.54, 1.807) is 0 Å². The van der Waals surface area contributed by atoms with Crippen molar-refractivity contribution in [2.24, 2.45) is 0 Å². The Hall–Kier alpha value is -1.45. The van der Waals surface area contributed by atoms with E-state index in [-0.39, 0.29) is 0 Å². The zero-order chi connectivity index (χ0) is 14.0. The van der Waals surface area contributed by atoms with Crippen LogP contribution in [0.1, 0.15) is 31.7 Å². The van der Waals surface area contributed by atoms with Gasteiger partial charge in [0, 0.05) is 31.3 Å². The summed E-state index contributed by atoms with van der Waals surface area (Å²) in [5, 5.41) is 4.71. The van der Waals surface area contributed by atoms with Crippen LogP contribution in [0, 0.1) is 0 Å². The Bertz CT molecular complexity index is 508. The summed E-state index contributed by atoms with van der Waals surface area (Å²) >= 11 is 0. The molecule has 0 amide bonds. The summed E-state index contributed by atoms with van der Waals surface area (Å²) in [5.41, 5.74) is 2.37. The van der Waals surface area contributed by atoms with E-state index in [1.807, 2.05) is 12.3 Å². The van der Waals surface area contributed by atoms with Crippen molar-refractivity contribution in [3.05, 3.63) is 42.1 Å². The van der Waals surface area contributed by atoms with Crippen LogP contribution in [-0.2, 0) is 11.3 Å². The molecule has 0 unspecified atom stereocenters. The molecule has 0 fully saturated rings. The first-order chi connectivity index (χ1) is 9.92. The van der Waals surface area contributed by atoms with Gasteiger partial charge in [0.25, 0.3) is 0 Å². The van der Waals surface area contributed by atoms with Gasteiger partial charge in [-0.2, -0.15) is 0 Å². The molecular formula is C17H24N2O. The number of unbranched alkanes of at least 4 members (excludes halogenated alkanes) is 1. The number of benzene rings is 1. The summed E-state index contributed by atoms with van der Waals surface area (Å²) in [6, 6.07) is 10.4. The van der Waals surface area contributed by atoms with Gasteiger partial charge in [-0.1, -0.05) is 31.5 Å². The second-order valence-corrected chi connectivity index (χ2v) is 4.98. The molecule has 1 aromatic carbocycles. The smallest absolute Gasteiger partial charge is 0.0705 e. The van der Waals surface area contributed by atoms with E-state index in [0.717, 1.165) is 44.7 Å². The Morgan fingerprint density at radius 3 is 2.85 bits per heavy atom. The maximum Gasteiger partial charge on any atom is 0.0705 e. The maximum absolute atomic E-state index is 5.55. The third-order valence-electron chi connectivity index (χ3n) is 3.34. The number of hydrogen-bond acceptors (Lipinski definition) is 3. The Labute approximate surface area is 121 Å². The minimum Gasteiger partial charge on any atom is -0.381 e. The van der Waals surface area contributed by atoms with Crippen molar-refractivity contribution < 1.29 is 4.74 Å². The minimum atomic E-state index is 0.851. The number of fused-ring (bicyclic) bond motifs is 1. The number of hydrogen-bond donors (Lipinski definition) is 1. The van der Waals surface area contributed by atoms with E-state index < -0.39 is 0 Å². The van der Waals surface area contributed by atoms with E-state index in [9.17, 15) is 0 Å². The number of nitrogens with one attached hydrogen (secondary N) is 1. The lowest BCUT2D eigenvalue weighted by molar-refractivity contribution is 0.129. The van der Waals surface area contributed by atoms with Crippen LogP contribution < -0.4 is 5.32 Å². The van der Waals surface area contributed by atoms with Gasteiger partial charge in [0.1, 0.15) is 0 Å². The second-order valence-electron chi connectivity index (χ2n) is 4.98. The average molecular weight is 272 g/mol. The number of pyridine rings is 1. The Kier molecular flexibility index (Phi) is 6.48. The van der Waals surface area contributed by atoms with Crippen molar-refractivity contribution in [2.75, 3.05) is 19.8 Å². The second kappa shape index (κ2) is 8.67. The van der Waals surface area contributed by atoms with Gasteiger partial charge in [0.2, 0.25) is 0 Å². The first-order valence-electron chi connectivity index (χ1n) is 7.53. The highest BCUT2D eigenvalue weighted by molar-refractivity contribution is 5.81. The fourth-order valence-electron chi connectivity index (χ4n) is 2.18. The molecule has 2 aromatic rings. The Morgan fingerprint density at radius 1 is 1.10 bits per heavy atom. The molecular weight excluding hydrogens is 248 g/mol. The highest BCUT2D eigenvalue weighted by Crippen LogP contribution is 2.15. The minimum absolute atomic E-state index is 0.851. The van der Waals surface area contributed by atoms with Gasteiger partial charge in [-0.3, -0.25) is 4.98 Å². The summed E-state index contributed by atoms with van der Waals surface area (Å²) in [4.78, 5) is 4.38. The molecule has 0 saturated carbocycles. The highest BCUT2D eigenvalue weighted by atomic mass is 16.5. The molecule has 0 saturated heterocycles. The van der Waals surface area contributed by atoms with E-state index in [0.29, 0.717) is 0 Å². The fourth-order valence-corrected chi connectivity index (χ4v) is 2.18. The molecule has 108 valence electrons. The normalized spacial score (nSPS) is 11.1. The lowest BCUT2D eigenvalue weighted by atomic mass is 10.1. The lowest BCUT2D eigenvalue weighted by Gasteiger charge is -2.08. The van der Waals surface area contributed by atoms with Crippen molar-refractivity contribution in [2.45, 2.75) is 32.7 Å². The fraction of sp³-hybridized carbons (Fsp3) is 0.471. The predicted octanol–water partition coefficient (Wildman–Crippen LogP) is 3.53. The van der Waals surface area contributed by atoms with Gasteiger partial charge in [-0.25, -0.2) is 0 Å². The van der Waals surface area contributed by atoms with Crippen molar-refractivity contribution >= 4 is 10.9 Å². The van der Waals surface area contributed by atoms with Crippen LogP contribution >= 0.6 is 0 Å². The molecule has 3 heteroatoms. The van der Waals surface area contributed by atoms with Crippen LogP contribution in [0.15, 0.2) is 36.5 Å². The molecule has 0 aliphatic rings. The third kappa shape index (κ3) is 4.58. The van der Waals surface area contributed by atoms with Crippen LogP contribution in [0.3, 0.4) is 0 Å². The monoisotopic (exact) mass is 272 g/mol. The molecule has 2 rings (SSSR count). The summed E-state index contributed by atoms with van der Waals surface area (Å²) in [6.45, 7) is 5.81. The van der Waals surface area contributed by atoms with E-state index >= 15 is 0 Å². The maximum atomic E-state index is 5.55. The van der Waals surface area contributed by atoms with Crippen molar-refractivity contribution in [3.63, 3.8) is 0 Å². The average Bonchev–Trinajstić information content (AvgIpc) is 2.50. The number of aromatic nitrogens is 1. The lowest BCUT2D eigenvalue weighted by Crippen LogP contribution is -2.16. The molecule has 0 aliphatic heterocycles. The molecule has 1 heterocycles. The van der Waals surface area contributed by atoms with Gasteiger partial charge in [-0.15, -0.1) is 0 Å². The van der Waals surface area contributed by atoms with Crippen LogP contribution in [0.5, 0.6) is 0 Å². The SMILES string of the molecule is CCCCOCCCNCc1ccnc2ccccc12. The Balaban J connectivity index is 1.71. The van der Waals surface area contributed by atoms with Crippen molar-refractivity contribution in [1.82, 2.24) is 10.3 Å². The van der Waals surface area contributed by atoms with Gasteiger partial charge < -0.3 is 10.1 Å². The summed E-state index contributed by atoms with van der Waals surface area (Å²) in [7, 11) is 0. The molecule has 0 spiro atoms. The molecule has 0 bridgehead atoms. The topological polar surface area (TPSA) is 34.1 Å². The zero-order valence-corrected chi connectivity index (χ0v) is 12.3. The van der Waals surface area contributed by atoms with Crippen LogP contribution in [-0.4, -0.2) is 24.7 Å². The third-order valence-corrected chi connectivity index (χ3v) is 3.34. The quantitative estimate of drug-likeness (QED) is 0.709. The van der Waals surface area contributed by atoms with Crippen molar-refractivity contribution in [1.29, 1.82) is 0 Å². The van der Waals surface area contributed by atoms with Gasteiger partial charge in [0.05, 0.1) is 5.52 Å². The molecule has 0 atom stereocenters. The standard InChI is InChI=1S/C17H24N2O/c1-2-3-12-20-13-6-10-18-14-15-9-11-19-17-8-5-4-7-16(15)17/h4-5,7-9,11,18H,2-3,6,10,12-14H2,1H3. The molecule has 20 heavy (non-hydrogen) atoms. The summed E-state index contributed by atoms with van der Waals surface area (Å²) in [6.07, 6.45) is 5.31. The molecule has 1 N–H and O–H groups in total.